The summed E-state index contributed by atoms with van der Waals surface area (Å²) >= 11 is 0. The number of rotatable bonds is 5. The van der Waals surface area contributed by atoms with Gasteiger partial charge in [0.2, 0.25) is 0 Å². The highest BCUT2D eigenvalue weighted by molar-refractivity contribution is 5.97. The highest BCUT2D eigenvalue weighted by atomic mass is 16.5. The second-order valence-corrected chi connectivity index (χ2v) is 8.78. The normalized spacial score (nSPS) is 13.8. The molecule has 4 rings (SSSR count). The van der Waals surface area contributed by atoms with Gasteiger partial charge < -0.3 is 10.1 Å². The van der Waals surface area contributed by atoms with Crippen molar-refractivity contribution in [3.05, 3.63) is 69.8 Å². The minimum Gasteiger partial charge on any atom is -0.452 e. The van der Waals surface area contributed by atoms with Crippen LogP contribution in [0.5, 0.6) is 0 Å². The lowest BCUT2D eigenvalue weighted by Crippen LogP contribution is -2.26. The molecule has 172 valence electrons. The number of hydrogen-bond donors (Lipinski definition) is 1. The van der Waals surface area contributed by atoms with Crippen LogP contribution in [-0.4, -0.2) is 28.0 Å². The number of carbonyl (C=O) groups is 2. The Morgan fingerprint density at radius 2 is 1.82 bits per heavy atom. The van der Waals surface area contributed by atoms with E-state index in [-0.39, 0.29) is 11.1 Å². The van der Waals surface area contributed by atoms with Crippen LogP contribution in [0, 0.1) is 0 Å². The Morgan fingerprint density at radius 1 is 1.06 bits per heavy atom. The first-order valence-electron chi connectivity index (χ1n) is 11.5. The lowest BCUT2D eigenvalue weighted by atomic mass is 10.0. The monoisotopic (exact) mass is 447 g/mol. The van der Waals surface area contributed by atoms with Gasteiger partial charge in [-0.15, -0.1) is 0 Å². The third-order valence-electron chi connectivity index (χ3n) is 6.00. The molecule has 0 aliphatic carbocycles. The third-order valence-corrected chi connectivity index (χ3v) is 6.00. The summed E-state index contributed by atoms with van der Waals surface area (Å²) in [5.74, 6) is 0.124. The van der Waals surface area contributed by atoms with Gasteiger partial charge in [-0.3, -0.25) is 14.2 Å². The Bertz CT molecular complexity index is 1230. The van der Waals surface area contributed by atoms with Crippen molar-refractivity contribution in [1.82, 2.24) is 9.55 Å². The first kappa shape index (κ1) is 22.7. The molecule has 0 atom stereocenters. The zero-order chi connectivity index (χ0) is 23.4. The summed E-state index contributed by atoms with van der Waals surface area (Å²) in [4.78, 5) is 42.3. The Balaban J connectivity index is 1.43. The fourth-order valence-electron chi connectivity index (χ4n) is 4.08. The van der Waals surface area contributed by atoms with E-state index < -0.39 is 18.5 Å². The van der Waals surface area contributed by atoms with Crippen molar-refractivity contribution in [3.8, 4) is 0 Å². The molecule has 1 aliphatic rings. The maximum absolute atomic E-state index is 12.9. The van der Waals surface area contributed by atoms with Gasteiger partial charge in [-0.05, 0) is 54.7 Å². The minimum absolute atomic E-state index is 0.0697. The quantitative estimate of drug-likeness (QED) is 0.584. The van der Waals surface area contributed by atoms with Crippen molar-refractivity contribution in [2.45, 2.75) is 58.4 Å². The van der Waals surface area contributed by atoms with Crippen LogP contribution in [0.4, 0.5) is 5.69 Å². The predicted octanol–water partition coefficient (Wildman–Crippen LogP) is 4.43. The van der Waals surface area contributed by atoms with Crippen LogP contribution in [0.3, 0.4) is 0 Å². The van der Waals surface area contributed by atoms with E-state index in [1.54, 1.807) is 22.8 Å². The molecule has 7 heteroatoms. The van der Waals surface area contributed by atoms with Gasteiger partial charge in [0.1, 0.15) is 5.82 Å². The number of aromatic nitrogens is 2. The SMILES string of the molecule is CC(C)c1ccc(NC(=O)COC(=O)c2ccc3c(=O)n4c(nc3c2)CCCCCC4)cc1. The van der Waals surface area contributed by atoms with Crippen LogP contribution in [0.25, 0.3) is 10.9 Å². The summed E-state index contributed by atoms with van der Waals surface area (Å²) in [5.41, 5.74) is 2.50. The molecule has 0 unspecified atom stereocenters. The van der Waals surface area contributed by atoms with Crippen molar-refractivity contribution in [1.29, 1.82) is 0 Å². The number of esters is 1. The van der Waals surface area contributed by atoms with E-state index in [2.05, 4.69) is 24.1 Å². The molecule has 7 nitrogen and oxygen atoms in total. The standard InChI is InChI=1S/C26H29N3O4/c1-17(2)18-8-11-20(12-9-18)27-24(30)16-33-26(32)19-10-13-21-22(15-19)28-23-7-5-3-4-6-14-29(23)25(21)31/h8-13,15,17H,3-7,14,16H2,1-2H3,(H,27,30). The van der Waals surface area contributed by atoms with Crippen molar-refractivity contribution >= 4 is 28.5 Å². The number of fused-ring (bicyclic) bond motifs is 2. The smallest absolute Gasteiger partial charge is 0.338 e. The molecule has 1 amide bonds. The number of nitrogens with zero attached hydrogens (tertiary/aromatic N) is 2. The Labute approximate surface area is 192 Å². The molecule has 1 aromatic heterocycles. The zero-order valence-electron chi connectivity index (χ0n) is 19.1. The number of ether oxygens (including phenoxy) is 1. The molecule has 1 N–H and O–H groups in total. The summed E-state index contributed by atoms with van der Waals surface area (Å²) in [5, 5.41) is 3.21. The van der Waals surface area contributed by atoms with Gasteiger partial charge in [0.15, 0.2) is 6.61 Å². The largest absolute Gasteiger partial charge is 0.452 e. The average Bonchev–Trinajstić information content (AvgIpc) is 2.79. The van der Waals surface area contributed by atoms with Gasteiger partial charge in [-0.1, -0.05) is 38.8 Å². The molecule has 2 aromatic carbocycles. The predicted molar refractivity (Wildman–Crippen MR) is 128 cm³/mol. The number of aryl methyl sites for hydroxylation is 1. The van der Waals surface area contributed by atoms with Crippen LogP contribution >= 0.6 is 0 Å². The number of anilines is 1. The van der Waals surface area contributed by atoms with Crippen LogP contribution < -0.4 is 10.9 Å². The van der Waals surface area contributed by atoms with Crippen LogP contribution in [-0.2, 0) is 22.5 Å². The topological polar surface area (TPSA) is 90.3 Å². The van der Waals surface area contributed by atoms with Gasteiger partial charge in [-0.2, -0.15) is 0 Å². The van der Waals surface area contributed by atoms with E-state index in [4.69, 9.17) is 4.74 Å². The van der Waals surface area contributed by atoms with Crippen LogP contribution in [0.15, 0.2) is 47.3 Å². The second kappa shape index (κ2) is 9.98. The number of hydrogen-bond acceptors (Lipinski definition) is 5. The number of nitrogens with one attached hydrogen (secondary N) is 1. The fraction of sp³-hybridized carbons (Fsp3) is 0.385. The highest BCUT2D eigenvalue weighted by Crippen LogP contribution is 2.18. The summed E-state index contributed by atoms with van der Waals surface area (Å²) < 4.78 is 6.95. The molecule has 0 saturated carbocycles. The van der Waals surface area contributed by atoms with Crippen LogP contribution in [0.2, 0.25) is 0 Å². The van der Waals surface area contributed by atoms with E-state index >= 15 is 0 Å². The molecule has 1 aliphatic heterocycles. The number of benzene rings is 2. The summed E-state index contributed by atoms with van der Waals surface area (Å²) in [6, 6.07) is 12.3. The van der Waals surface area contributed by atoms with Crippen LogP contribution in [0.1, 0.15) is 67.2 Å². The summed E-state index contributed by atoms with van der Waals surface area (Å²) in [6.07, 6.45) is 4.96. The maximum Gasteiger partial charge on any atom is 0.338 e. The van der Waals surface area contributed by atoms with E-state index in [1.165, 1.54) is 5.56 Å². The second-order valence-electron chi connectivity index (χ2n) is 8.78. The first-order chi connectivity index (χ1) is 15.9. The number of amides is 1. The molecule has 3 aromatic rings. The van der Waals surface area contributed by atoms with Crippen molar-refractivity contribution < 1.29 is 14.3 Å². The van der Waals surface area contributed by atoms with E-state index in [1.807, 2.05) is 24.3 Å². The summed E-state index contributed by atoms with van der Waals surface area (Å²) in [6.45, 7) is 4.48. The lowest BCUT2D eigenvalue weighted by Gasteiger charge is -2.16. The Hall–Kier alpha value is -3.48. The molecular weight excluding hydrogens is 418 g/mol. The Kier molecular flexibility index (Phi) is 6.87. The highest BCUT2D eigenvalue weighted by Gasteiger charge is 2.16. The van der Waals surface area contributed by atoms with Gasteiger partial charge in [0, 0.05) is 18.7 Å². The molecular formula is C26H29N3O4. The van der Waals surface area contributed by atoms with E-state index in [9.17, 15) is 14.4 Å². The average molecular weight is 448 g/mol. The van der Waals surface area contributed by atoms with E-state index in [0.29, 0.717) is 29.1 Å². The molecule has 2 heterocycles. The summed E-state index contributed by atoms with van der Waals surface area (Å²) in [7, 11) is 0. The molecule has 0 bridgehead atoms. The zero-order valence-corrected chi connectivity index (χ0v) is 19.1. The van der Waals surface area contributed by atoms with Crippen molar-refractivity contribution in [2.75, 3.05) is 11.9 Å². The minimum atomic E-state index is -0.629. The van der Waals surface area contributed by atoms with Crippen molar-refractivity contribution in [2.24, 2.45) is 0 Å². The third kappa shape index (κ3) is 5.30. The first-order valence-corrected chi connectivity index (χ1v) is 11.5. The molecule has 0 saturated heterocycles. The molecule has 0 radical (unpaired) electrons. The molecule has 33 heavy (non-hydrogen) atoms. The molecule has 0 fully saturated rings. The lowest BCUT2D eigenvalue weighted by molar-refractivity contribution is -0.119. The van der Waals surface area contributed by atoms with Gasteiger partial charge in [0.05, 0.1) is 16.5 Å². The molecule has 0 spiro atoms. The van der Waals surface area contributed by atoms with Gasteiger partial charge >= 0.3 is 5.97 Å². The van der Waals surface area contributed by atoms with Crippen molar-refractivity contribution in [3.63, 3.8) is 0 Å². The van der Waals surface area contributed by atoms with Gasteiger partial charge in [-0.25, -0.2) is 9.78 Å². The fourth-order valence-corrected chi connectivity index (χ4v) is 4.08. The van der Waals surface area contributed by atoms with E-state index in [0.717, 1.165) is 37.9 Å². The van der Waals surface area contributed by atoms with Gasteiger partial charge in [0.25, 0.3) is 11.5 Å². The Morgan fingerprint density at radius 3 is 2.58 bits per heavy atom. The maximum atomic E-state index is 12.9. The number of carbonyl (C=O) groups excluding carboxylic acids is 2.